The van der Waals surface area contributed by atoms with E-state index in [1.807, 2.05) is 0 Å². The Balaban J connectivity index is 1.73. The lowest BCUT2D eigenvalue weighted by Gasteiger charge is -2.23. The van der Waals surface area contributed by atoms with Crippen molar-refractivity contribution in [3.8, 4) is 0 Å². The average Bonchev–Trinajstić information content (AvgIpc) is 3.02. The number of anilines is 1. The van der Waals surface area contributed by atoms with Crippen LogP contribution in [0.1, 0.15) is 43.4 Å². The summed E-state index contributed by atoms with van der Waals surface area (Å²) < 4.78 is 2.24. The molecule has 0 bridgehead atoms. The van der Waals surface area contributed by atoms with Crippen LogP contribution in [0.15, 0.2) is 23.0 Å². The number of aromatic nitrogens is 2. The van der Waals surface area contributed by atoms with Gasteiger partial charge in [-0.05, 0) is 42.2 Å². The summed E-state index contributed by atoms with van der Waals surface area (Å²) >= 11 is 1.75. The van der Waals surface area contributed by atoms with Gasteiger partial charge in [0.05, 0.1) is 12.2 Å². The molecule has 0 saturated heterocycles. The number of thiophene rings is 1. The molecule has 4 heteroatoms. The van der Waals surface area contributed by atoms with Gasteiger partial charge in [-0.1, -0.05) is 19.3 Å². The minimum absolute atomic E-state index is 0.608. The molecule has 19 heavy (non-hydrogen) atoms. The molecule has 0 aromatic carbocycles. The molecule has 0 unspecified atom stereocenters. The van der Waals surface area contributed by atoms with Crippen LogP contribution in [-0.2, 0) is 6.54 Å². The zero-order valence-corrected chi connectivity index (χ0v) is 12.2. The number of imidazole rings is 1. The highest BCUT2D eigenvalue weighted by Crippen LogP contribution is 2.22. The summed E-state index contributed by atoms with van der Waals surface area (Å²) in [7, 11) is 0. The molecule has 102 valence electrons. The van der Waals surface area contributed by atoms with Gasteiger partial charge in [-0.25, -0.2) is 4.98 Å². The second kappa shape index (κ2) is 5.78. The lowest BCUT2D eigenvalue weighted by atomic mass is 9.96. The third-order valence-corrected chi connectivity index (χ3v) is 4.50. The molecule has 3 rings (SSSR count). The van der Waals surface area contributed by atoms with Crippen LogP contribution < -0.4 is 5.32 Å². The van der Waals surface area contributed by atoms with Gasteiger partial charge >= 0.3 is 0 Å². The topological polar surface area (TPSA) is 29.9 Å². The molecular formula is C15H21N3S. The molecule has 0 aliphatic heterocycles. The fourth-order valence-corrected chi connectivity index (χ4v) is 3.45. The average molecular weight is 275 g/mol. The van der Waals surface area contributed by atoms with E-state index in [0.717, 1.165) is 18.2 Å². The Morgan fingerprint density at radius 3 is 2.95 bits per heavy atom. The Bertz CT molecular complexity index is 509. The van der Waals surface area contributed by atoms with Crippen LogP contribution in [0.5, 0.6) is 0 Å². The van der Waals surface area contributed by atoms with E-state index in [4.69, 9.17) is 0 Å². The number of hydrogen-bond donors (Lipinski definition) is 1. The van der Waals surface area contributed by atoms with Crippen LogP contribution in [0.2, 0.25) is 0 Å². The SMILES string of the molecule is Cc1cn(Cc2ccsc2)c(NC2CCCCC2)n1. The summed E-state index contributed by atoms with van der Waals surface area (Å²) in [6.45, 7) is 2.98. The van der Waals surface area contributed by atoms with E-state index < -0.39 is 0 Å². The van der Waals surface area contributed by atoms with Gasteiger partial charge in [0.15, 0.2) is 0 Å². The zero-order chi connectivity index (χ0) is 13.1. The lowest BCUT2D eigenvalue weighted by Crippen LogP contribution is -2.24. The Labute approximate surface area is 118 Å². The van der Waals surface area contributed by atoms with Gasteiger partial charge in [-0.3, -0.25) is 0 Å². The minimum atomic E-state index is 0.608. The van der Waals surface area contributed by atoms with Crippen molar-refractivity contribution >= 4 is 17.3 Å². The molecule has 3 nitrogen and oxygen atoms in total. The third-order valence-electron chi connectivity index (χ3n) is 3.77. The summed E-state index contributed by atoms with van der Waals surface area (Å²) in [5.74, 6) is 1.04. The van der Waals surface area contributed by atoms with Crippen molar-refractivity contribution in [3.05, 3.63) is 34.3 Å². The number of aryl methyl sites for hydroxylation is 1. The first-order chi connectivity index (χ1) is 9.31. The molecule has 1 aliphatic rings. The summed E-state index contributed by atoms with van der Waals surface area (Å²) in [5.41, 5.74) is 2.45. The Hall–Kier alpha value is -1.29. The molecule has 0 amide bonds. The molecule has 0 spiro atoms. The summed E-state index contributed by atoms with van der Waals surface area (Å²) in [6.07, 6.45) is 8.79. The van der Waals surface area contributed by atoms with Crippen LogP contribution in [0.3, 0.4) is 0 Å². The Morgan fingerprint density at radius 2 is 2.21 bits per heavy atom. The van der Waals surface area contributed by atoms with Gasteiger partial charge in [0.1, 0.15) is 0 Å². The predicted octanol–water partition coefficient (Wildman–Crippen LogP) is 4.05. The van der Waals surface area contributed by atoms with E-state index in [-0.39, 0.29) is 0 Å². The Morgan fingerprint density at radius 1 is 1.37 bits per heavy atom. The Kier molecular flexibility index (Phi) is 3.87. The highest BCUT2D eigenvalue weighted by Gasteiger charge is 2.16. The fourth-order valence-electron chi connectivity index (χ4n) is 2.79. The summed E-state index contributed by atoms with van der Waals surface area (Å²) in [6, 6.07) is 2.79. The molecule has 2 aromatic rings. The van der Waals surface area contributed by atoms with Crippen molar-refractivity contribution in [1.29, 1.82) is 0 Å². The second-order valence-corrected chi connectivity index (χ2v) is 6.22. The smallest absolute Gasteiger partial charge is 0.203 e. The molecule has 2 aromatic heterocycles. The molecular weight excluding hydrogens is 254 g/mol. The number of hydrogen-bond acceptors (Lipinski definition) is 3. The highest BCUT2D eigenvalue weighted by atomic mass is 32.1. The van der Waals surface area contributed by atoms with Gasteiger partial charge in [0, 0.05) is 12.2 Å². The summed E-state index contributed by atoms with van der Waals surface area (Å²) in [5, 5.41) is 7.98. The normalized spacial score (nSPS) is 16.7. The maximum absolute atomic E-state index is 4.64. The van der Waals surface area contributed by atoms with Gasteiger partial charge in [-0.15, -0.1) is 0 Å². The number of nitrogens with zero attached hydrogens (tertiary/aromatic N) is 2. The van der Waals surface area contributed by atoms with Crippen LogP contribution >= 0.6 is 11.3 Å². The number of nitrogens with one attached hydrogen (secondary N) is 1. The zero-order valence-electron chi connectivity index (χ0n) is 11.4. The molecule has 0 radical (unpaired) electrons. The predicted molar refractivity (Wildman–Crippen MR) is 80.9 cm³/mol. The van der Waals surface area contributed by atoms with Crippen molar-refractivity contribution < 1.29 is 0 Å². The maximum Gasteiger partial charge on any atom is 0.203 e. The monoisotopic (exact) mass is 275 g/mol. The molecule has 2 heterocycles. The van der Waals surface area contributed by atoms with Crippen molar-refractivity contribution in [1.82, 2.24) is 9.55 Å². The quantitative estimate of drug-likeness (QED) is 0.912. The second-order valence-electron chi connectivity index (χ2n) is 5.44. The van der Waals surface area contributed by atoms with E-state index in [0.29, 0.717) is 6.04 Å². The van der Waals surface area contributed by atoms with E-state index in [1.165, 1.54) is 37.7 Å². The van der Waals surface area contributed by atoms with Crippen molar-refractivity contribution in [2.75, 3.05) is 5.32 Å². The molecule has 1 aliphatic carbocycles. The van der Waals surface area contributed by atoms with Crippen LogP contribution in [0.4, 0.5) is 5.95 Å². The van der Waals surface area contributed by atoms with Crippen molar-refractivity contribution in [2.45, 2.75) is 51.6 Å². The van der Waals surface area contributed by atoms with Gasteiger partial charge in [0.25, 0.3) is 0 Å². The first kappa shape index (κ1) is 12.7. The molecule has 1 N–H and O–H groups in total. The molecule has 1 saturated carbocycles. The van der Waals surface area contributed by atoms with E-state index in [1.54, 1.807) is 11.3 Å². The van der Waals surface area contributed by atoms with Crippen LogP contribution in [0.25, 0.3) is 0 Å². The molecule has 1 fully saturated rings. The first-order valence-electron chi connectivity index (χ1n) is 7.12. The fraction of sp³-hybridized carbons (Fsp3) is 0.533. The summed E-state index contributed by atoms with van der Waals surface area (Å²) in [4.78, 5) is 4.64. The van der Waals surface area contributed by atoms with Gasteiger partial charge in [0.2, 0.25) is 5.95 Å². The van der Waals surface area contributed by atoms with Gasteiger partial charge < -0.3 is 9.88 Å². The first-order valence-corrected chi connectivity index (χ1v) is 8.07. The highest BCUT2D eigenvalue weighted by molar-refractivity contribution is 7.07. The minimum Gasteiger partial charge on any atom is -0.353 e. The lowest BCUT2D eigenvalue weighted by molar-refractivity contribution is 0.459. The van der Waals surface area contributed by atoms with Crippen molar-refractivity contribution in [3.63, 3.8) is 0 Å². The van der Waals surface area contributed by atoms with Crippen molar-refractivity contribution in [2.24, 2.45) is 0 Å². The largest absolute Gasteiger partial charge is 0.353 e. The molecule has 0 atom stereocenters. The maximum atomic E-state index is 4.64. The number of rotatable bonds is 4. The van der Waals surface area contributed by atoms with Crippen LogP contribution in [0, 0.1) is 6.92 Å². The van der Waals surface area contributed by atoms with Crippen LogP contribution in [-0.4, -0.2) is 15.6 Å². The van der Waals surface area contributed by atoms with E-state index >= 15 is 0 Å². The van der Waals surface area contributed by atoms with E-state index in [9.17, 15) is 0 Å². The third kappa shape index (κ3) is 3.18. The van der Waals surface area contributed by atoms with E-state index in [2.05, 4.69) is 44.8 Å². The standard InChI is InChI=1S/C15H21N3S/c1-12-9-18(10-13-7-8-19-11-13)15(16-12)17-14-5-3-2-4-6-14/h7-9,11,14H,2-6,10H2,1H3,(H,16,17). The van der Waals surface area contributed by atoms with Gasteiger partial charge in [-0.2, -0.15) is 11.3 Å².